The van der Waals surface area contributed by atoms with Gasteiger partial charge in [0.25, 0.3) is 0 Å². The van der Waals surface area contributed by atoms with Crippen LogP contribution in [0.3, 0.4) is 0 Å². The third-order valence-corrected chi connectivity index (χ3v) is 6.10. The number of aliphatic imine (C=N–C) groups is 2. The van der Waals surface area contributed by atoms with E-state index in [-0.39, 0.29) is 11.5 Å². The Labute approximate surface area is 138 Å². The number of halogens is 1. The molecule has 3 N–H and O–H groups in total. The molecule has 1 saturated carbocycles. The number of benzene rings is 1. The van der Waals surface area contributed by atoms with Crippen LogP contribution < -0.4 is 5.73 Å². The van der Waals surface area contributed by atoms with Gasteiger partial charge in [-0.05, 0) is 56.7 Å². The molecule has 2 aliphatic carbocycles. The summed E-state index contributed by atoms with van der Waals surface area (Å²) in [6, 6.07) is 6.41. The molecule has 4 nitrogen and oxygen atoms in total. The average Bonchev–Trinajstić information content (AvgIpc) is 2.92. The van der Waals surface area contributed by atoms with Gasteiger partial charge >= 0.3 is 0 Å². The van der Waals surface area contributed by atoms with Crippen LogP contribution in [0.1, 0.15) is 43.7 Å². The zero-order valence-electron chi connectivity index (χ0n) is 12.6. The highest BCUT2D eigenvalue weighted by Crippen LogP contribution is 2.61. The molecular formula is C17H20BrN3O. The molecule has 0 amide bonds. The molecule has 1 aliphatic heterocycles. The van der Waals surface area contributed by atoms with Crippen LogP contribution in [-0.2, 0) is 12.1 Å². The van der Waals surface area contributed by atoms with E-state index < -0.39 is 5.66 Å². The van der Waals surface area contributed by atoms with E-state index in [0.29, 0.717) is 5.84 Å². The van der Waals surface area contributed by atoms with E-state index in [0.717, 1.165) is 42.3 Å². The summed E-state index contributed by atoms with van der Waals surface area (Å²) in [7, 11) is 0. The van der Waals surface area contributed by atoms with Gasteiger partial charge in [-0.15, -0.1) is 0 Å². The van der Waals surface area contributed by atoms with Crippen LogP contribution in [0.5, 0.6) is 0 Å². The van der Waals surface area contributed by atoms with Crippen LogP contribution >= 0.6 is 15.9 Å². The lowest BCUT2D eigenvalue weighted by Gasteiger charge is -2.44. The summed E-state index contributed by atoms with van der Waals surface area (Å²) in [6.07, 6.45) is 4.30. The molecule has 1 fully saturated rings. The molecule has 116 valence electrons. The van der Waals surface area contributed by atoms with Crippen LogP contribution in [0.4, 0.5) is 0 Å². The molecule has 1 atom stereocenters. The Kier molecular flexibility index (Phi) is 3.04. The summed E-state index contributed by atoms with van der Waals surface area (Å²) >= 11 is 3.58. The van der Waals surface area contributed by atoms with Crippen molar-refractivity contribution >= 4 is 27.5 Å². The molecule has 0 radical (unpaired) electrons. The van der Waals surface area contributed by atoms with E-state index in [4.69, 9.17) is 15.7 Å². The molecule has 1 heterocycles. The van der Waals surface area contributed by atoms with E-state index in [1.165, 1.54) is 11.1 Å². The van der Waals surface area contributed by atoms with Crippen molar-refractivity contribution in [2.75, 3.05) is 0 Å². The highest BCUT2D eigenvalue weighted by Gasteiger charge is 2.60. The lowest BCUT2D eigenvalue weighted by Crippen LogP contribution is -2.43. The Morgan fingerprint density at radius 2 is 2.00 bits per heavy atom. The van der Waals surface area contributed by atoms with Crippen LogP contribution in [0.15, 0.2) is 32.7 Å². The van der Waals surface area contributed by atoms with Gasteiger partial charge < -0.3 is 10.8 Å². The van der Waals surface area contributed by atoms with Gasteiger partial charge in [-0.3, -0.25) is 4.99 Å². The van der Waals surface area contributed by atoms with Crippen LogP contribution in [0.25, 0.3) is 0 Å². The van der Waals surface area contributed by atoms with Gasteiger partial charge in [0.05, 0.1) is 11.8 Å². The molecule has 22 heavy (non-hydrogen) atoms. The van der Waals surface area contributed by atoms with Crippen molar-refractivity contribution in [3.8, 4) is 0 Å². The summed E-state index contributed by atoms with van der Waals surface area (Å²) in [5.41, 5.74) is 8.80. The van der Waals surface area contributed by atoms with Crippen molar-refractivity contribution in [1.82, 2.24) is 0 Å². The number of aliphatic hydroxyl groups excluding tert-OH is 1. The number of hydrogen-bond donors (Lipinski definition) is 2. The summed E-state index contributed by atoms with van der Waals surface area (Å²) in [5.74, 6) is 0.554. The van der Waals surface area contributed by atoms with Crippen LogP contribution in [-0.4, -0.2) is 22.8 Å². The standard InChI is InChI=1S/C17H20BrN3O/c1-10-15(19)21-17(20-10)14-8-12(18)3-2-11(14)9-16(17)6-4-13(22)5-7-16/h2-3,8,13,22H,4-7,9H2,1H3,(H2,19,21)/t13-,16-,17-/m1/s1. The predicted octanol–water partition coefficient (Wildman–Crippen LogP) is 2.91. The minimum Gasteiger partial charge on any atom is -0.393 e. The number of hydrogen-bond acceptors (Lipinski definition) is 4. The molecule has 0 unspecified atom stereocenters. The van der Waals surface area contributed by atoms with E-state index in [1.54, 1.807) is 0 Å². The van der Waals surface area contributed by atoms with Gasteiger partial charge in [0, 0.05) is 15.5 Å². The first-order chi connectivity index (χ1) is 10.5. The van der Waals surface area contributed by atoms with Crippen LogP contribution in [0, 0.1) is 5.41 Å². The molecule has 1 aromatic carbocycles. The largest absolute Gasteiger partial charge is 0.393 e. The molecule has 3 aliphatic rings. The maximum absolute atomic E-state index is 9.95. The zero-order chi connectivity index (χ0) is 15.5. The fraction of sp³-hybridized carbons (Fsp3) is 0.529. The number of nitrogens with two attached hydrogens (primary N) is 1. The summed E-state index contributed by atoms with van der Waals surface area (Å²) < 4.78 is 1.05. The first-order valence-corrected chi connectivity index (χ1v) is 8.64. The van der Waals surface area contributed by atoms with E-state index in [9.17, 15) is 5.11 Å². The van der Waals surface area contributed by atoms with Crippen molar-refractivity contribution in [2.45, 2.75) is 50.8 Å². The van der Waals surface area contributed by atoms with Crippen molar-refractivity contribution < 1.29 is 5.11 Å². The van der Waals surface area contributed by atoms with Crippen molar-refractivity contribution in [2.24, 2.45) is 21.1 Å². The molecule has 5 heteroatoms. The Bertz CT molecular complexity index is 684. The second kappa shape index (κ2) is 4.65. The Morgan fingerprint density at radius 1 is 1.27 bits per heavy atom. The maximum Gasteiger partial charge on any atom is 0.184 e. The molecule has 4 rings (SSSR count). The molecule has 0 aromatic heterocycles. The maximum atomic E-state index is 9.95. The van der Waals surface area contributed by atoms with Crippen molar-refractivity contribution in [1.29, 1.82) is 0 Å². The minimum absolute atomic E-state index is 0.0439. The first kappa shape index (κ1) is 14.4. The number of rotatable bonds is 0. The smallest absolute Gasteiger partial charge is 0.184 e. The van der Waals surface area contributed by atoms with Crippen LogP contribution in [0.2, 0.25) is 0 Å². The van der Waals surface area contributed by atoms with Crippen molar-refractivity contribution in [3.63, 3.8) is 0 Å². The minimum atomic E-state index is -0.583. The quantitative estimate of drug-likeness (QED) is 0.745. The predicted molar refractivity (Wildman–Crippen MR) is 91.2 cm³/mol. The highest BCUT2D eigenvalue weighted by molar-refractivity contribution is 9.10. The summed E-state index contributed by atoms with van der Waals surface area (Å²) in [5, 5.41) is 9.95. The molecular weight excluding hydrogens is 342 g/mol. The molecule has 1 aromatic rings. The fourth-order valence-corrected chi connectivity index (χ4v) is 4.78. The number of nitrogens with zero attached hydrogens (tertiary/aromatic N) is 2. The molecule has 2 spiro atoms. The SMILES string of the molecule is CC1=N[C@@]2(N=C1N)c1cc(Br)ccc1C[C@]21CC[C@@H](O)CC1. The monoisotopic (exact) mass is 361 g/mol. The fourth-order valence-electron chi connectivity index (χ4n) is 4.42. The van der Waals surface area contributed by atoms with E-state index in [1.807, 2.05) is 6.92 Å². The lowest BCUT2D eigenvalue weighted by atomic mass is 9.65. The summed E-state index contributed by atoms with van der Waals surface area (Å²) in [4.78, 5) is 9.84. The topological polar surface area (TPSA) is 71.0 Å². The van der Waals surface area contributed by atoms with E-state index >= 15 is 0 Å². The summed E-state index contributed by atoms with van der Waals surface area (Å²) in [6.45, 7) is 1.94. The number of fused-ring (bicyclic) bond motifs is 3. The number of amidine groups is 1. The zero-order valence-corrected chi connectivity index (χ0v) is 14.2. The van der Waals surface area contributed by atoms with Gasteiger partial charge in [-0.2, -0.15) is 0 Å². The Hall–Kier alpha value is -1.20. The highest BCUT2D eigenvalue weighted by atomic mass is 79.9. The average molecular weight is 362 g/mol. The third-order valence-electron chi connectivity index (χ3n) is 5.61. The normalized spacial score (nSPS) is 36.6. The molecule has 0 saturated heterocycles. The second-order valence-electron chi connectivity index (χ2n) is 6.86. The Balaban J connectivity index is 1.92. The first-order valence-electron chi connectivity index (χ1n) is 7.85. The van der Waals surface area contributed by atoms with Gasteiger partial charge in [-0.1, -0.05) is 22.0 Å². The van der Waals surface area contributed by atoms with Gasteiger partial charge in [0.1, 0.15) is 5.84 Å². The lowest BCUT2D eigenvalue weighted by molar-refractivity contribution is 0.0233. The van der Waals surface area contributed by atoms with Gasteiger partial charge in [0.15, 0.2) is 5.66 Å². The van der Waals surface area contributed by atoms with E-state index in [2.05, 4.69) is 34.1 Å². The van der Waals surface area contributed by atoms with Gasteiger partial charge in [-0.25, -0.2) is 4.99 Å². The second-order valence-corrected chi connectivity index (χ2v) is 7.77. The third kappa shape index (κ3) is 1.78. The Morgan fingerprint density at radius 3 is 2.64 bits per heavy atom. The van der Waals surface area contributed by atoms with Gasteiger partial charge in [0.2, 0.25) is 0 Å². The van der Waals surface area contributed by atoms with Crippen molar-refractivity contribution in [3.05, 3.63) is 33.8 Å². The molecule has 0 bridgehead atoms. The number of aliphatic hydroxyl groups is 1.